The molecule has 0 bridgehead atoms. The molecule has 2 aliphatic heterocycles. The lowest BCUT2D eigenvalue weighted by Crippen LogP contribution is -2.45. The van der Waals surface area contributed by atoms with E-state index in [2.05, 4.69) is 18.3 Å². The molecule has 0 saturated carbocycles. The monoisotopic (exact) mass is 529 g/mol. The van der Waals surface area contributed by atoms with Crippen molar-refractivity contribution in [3.05, 3.63) is 22.7 Å². The van der Waals surface area contributed by atoms with Crippen molar-refractivity contribution in [2.75, 3.05) is 12.3 Å². The molecule has 9 atom stereocenters. The van der Waals surface area contributed by atoms with Crippen molar-refractivity contribution in [2.24, 2.45) is 0 Å². The number of anilines is 1. The number of aliphatic hydroxyl groups excluding tert-OH is 3. The van der Waals surface area contributed by atoms with Crippen molar-refractivity contribution in [3.8, 4) is 0 Å². The van der Waals surface area contributed by atoms with Crippen LogP contribution in [0.25, 0.3) is 0 Å². The Morgan fingerprint density at radius 1 is 1.21 bits per heavy atom. The molecule has 0 aliphatic carbocycles. The van der Waals surface area contributed by atoms with Gasteiger partial charge in [0.1, 0.15) is 36.3 Å². The highest BCUT2D eigenvalue weighted by Gasteiger charge is 2.45. The molecule has 2 unspecified atom stereocenters. The first kappa shape index (κ1) is 27.0. The molecule has 34 heavy (non-hydrogen) atoms. The number of nitrogens with two attached hydrogens (primary N) is 1. The summed E-state index contributed by atoms with van der Waals surface area (Å²) in [5.74, 6) is -0.644. The second-order valence-electron chi connectivity index (χ2n) is 7.35. The van der Waals surface area contributed by atoms with E-state index in [-0.39, 0.29) is 5.82 Å². The molecule has 2 fully saturated rings. The van der Waals surface area contributed by atoms with Crippen molar-refractivity contribution in [2.45, 2.75) is 56.4 Å². The number of phosphoric ester groups is 2. The van der Waals surface area contributed by atoms with Gasteiger partial charge in [0.15, 0.2) is 18.3 Å². The zero-order chi connectivity index (χ0) is 25.4. The summed E-state index contributed by atoms with van der Waals surface area (Å²) in [4.78, 5) is 50.7. The van der Waals surface area contributed by atoms with Crippen LogP contribution >= 0.6 is 15.6 Å². The number of carbonyl (C=O) groups excluding carboxylic acids is 1. The van der Waals surface area contributed by atoms with Crippen molar-refractivity contribution in [1.29, 1.82) is 0 Å². The number of carbonyl (C=O) groups is 1. The number of hydrogen-bond donors (Lipinski definition) is 4. The summed E-state index contributed by atoms with van der Waals surface area (Å²) in [6, 6.07) is 1.21. The van der Waals surface area contributed by atoms with E-state index in [4.69, 9.17) is 15.2 Å². The van der Waals surface area contributed by atoms with Crippen LogP contribution in [0.5, 0.6) is 0 Å². The van der Waals surface area contributed by atoms with Gasteiger partial charge >= 0.3 is 5.69 Å². The summed E-state index contributed by atoms with van der Waals surface area (Å²) in [5.41, 5.74) is 4.44. The Morgan fingerprint density at radius 2 is 1.88 bits per heavy atom. The Bertz CT molecular complexity index is 1070. The number of hydrogen-bond acceptors (Lipinski definition) is 16. The molecule has 5 N–H and O–H groups in total. The molecule has 0 aromatic carbocycles. The Balaban J connectivity index is 1.59. The minimum atomic E-state index is -5.69. The maximum Gasteiger partial charge on any atom is 0.351 e. The van der Waals surface area contributed by atoms with E-state index in [1.807, 2.05) is 0 Å². The van der Waals surface area contributed by atoms with E-state index < -0.39 is 83.2 Å². The number of Topliss-reactive ketones (excluding diaryl/α,β-unsaturated/α-hetero) is 1. The molecule has 17 nitrogen and oxygen atoms in total. The SMILES string of the molecule is C[C@@H]1O[C@H](OP(=O)([O-])OP(=O)([O-])OC[C@H]2O[C@@H](n3ccc(N)nc3=O)[C@H](O)[C@@H]2O)[C@H](O)CC1=O. The lowest BCUT2D eigenvalue weighted by molar-refractivity contribution is -0.269. The molecule has 19 heteroatoms. The van der Waals surface area contributed by atoms with E-state index in [1.165, 1.54) is 13.0 Å². The summed E-state index contributed by atoms with van der Waals surface area (Å²) in [6.07, 6.45) is -10.6. The molecule has 192 valence electrons. The molecule has 0 spiro atoms. The number of phosphoric acid groups is 2. The lowest BCUT2D eigenvalue weighted by Gasteiger charge is -2.37. The highest BCUT2D eigenvalue weighted by atomic mass is 31.3. The molecular formula is C15H21N3O14P2-2. The van der Waals surface area contributed by atoms with Gasteiger partial charge in [-0.15, -0.1) is 0 Å². The molecule has 3 heterocycles. The van der Waals surface area contributed by atoms with Gasteiger partial charge in [0.2, 0.25) is 0 Å². The Hall–Kier alpha value is -1.59. The minimum absolute atomic E-state index is 0.116. The van der Waals surface area contributed by atoms with E-state index in [0.29, 0.717) is 0 Å². The largest absolute Gasteiger partial charge is 0.756 e. The summed E-state index contributed by atoms with van der Waals surface area (Å²) < 4.78 is 47.5. The van der Waals surface area contributed by atoms with Crippen LogP contribution in [0.2, 0.25) is 0 Å². The van der Waals surface area contributed by atoms with E-state index in [9.17, 15) is 43.8 Å². The zero-order valence-corrected chi connectivity index (χ0v) is 19.1. The molecule has 0 radical (unpaired) electrons. The van der Waals surface area contributed by atoms with Crippen LogP contribution in [-0.2, 0) is 36.8 Å². The smallest absolute Gasteiger partial charge is 0.351 e. The lowest BCUT2D eigenvalue weighted by atomic mass is 10.1. The first-order chi connectivity index (χ1) is 15.7. The average molecular weight is 529 g/mol. The van der Waals surface area contributed by atoms with Crippen LogP contribution in [0.15, 0.2) is 17.1 Å². The van der Waals surface area contributed by atoms with Gasteiger partial charge in [0.25, 0.3) is 15.6 Å². The van der Waals surface area contributed by atoms with Crippen LogP contribution in [0.4, 0.5) is 5.82 Å². The number of aromatic nitrogens is 2. The third-order valence-electron chi connectivity index (χ3n) is 4.81. The van der Waals surface area contributed by atoms with E-state index in [0.717, 1.165) is 10.8 Å². The van der Waals surface area contributed by atoms with Crippen molar-refractivity contribution < 1.29 is 61.9 Å². The van der Waals surface area contributed by atoms with Gasteiger partial charge in [-0.25, -0.2) is 9.11 Å². The van der Waals surface area contributed by atoms with Gasteiger partial charge in [0.05, 0.1) is 6.61 Å². The van der Waals surface area contributed by atoms with Crippen molar-refractivity contribution in [1.82, 2.24) is 9.55 Å². The highest BCUT2D eigenvalue weighted by molar-refractivity contribution is 7.59. The molecule has 0 amide bonds. The van der Waals surface area contributed by atoms with Crippen LogP contribution in [-0.4, -0.2) is 74.1 Å². The van der Waals surface area contributed by atoms with Crippen molar-refractivity contribution >= 4 is 27.2 Å². The quantitative estimate of drug-likeness (QED) is 0.238. The minimum Gasteiger partial charge on any atom is -0.756 e. The summed E-state index contributed by atoms with van der Waals surface area (Å²) in [6.45, 7) is 0.243. The second kappa shape index (κ2) is 10.2. The summed E-state index contributed by atoms with van der Waals surface area (Å²) in [5, 5.41) is 29.9. The highest BCUT2D eigenvalue weighted by Crippen LogP contribution is 2.56. The second-order valence-corrected chi connectivity index (χ2v) is 10.3. The first-order valence-corrected chi connectivity index (χ1v) is 12.5. The van der Waals surface area contributed by atoms with Gasteiger partial charge in [-0.3, -0.25) is 23.0 Å². The molecule has 1 aromatic rings. The van der Waals surface area contributed by atoms with Crippen LogP contribution < -0.4 is 21.2 Å². The Kier molecular flexibility index (Phi) is 8.09. The van der Waals surface area contributed by atoms with Crippen LogP contribution in [0, 0.1) is 0 Å². The van der Waals surface area contributed by atoms with E-state index in [1.54, 1.807) is 0 Å². The molecule has 1 aromatic heterocycles. The van der Waals surface area contributed by atoms with E-state index >= 15 is 0 Å². The topological polar surface area (TPSA) is 265 Å². The number of rotatable bonds is 8. The molecule has 2 saturated heterocycles. The molecule has 3 rings (SSSR count). The van der Waals surface area contributed by atoms with Gasteiger partial charge in [-0.1, -0.05) is 0 Å². The third kappa shape index (κ3) is 6.34. The molecular weight excluding hydrogens is 508 g/mol. The van der Waals surface area contributed by atoms with Crippen LogP contribution in [0.1, 0.15) is 19.6 Å². The third-order valence-corrected chi connectivity index (χ3v) is 7.34. The fourth-order valence-electron chi connectivity index (χ4n) is 3.10. The van der Waals surface area contributed by atoms with Gasteiger partial charge in [0, 0.05) is 12.6 Å². The number of ketones is 1. The fraction of sp³-hybridized carbons (Fsp3) is 0.667. The van der Waals surface area contributed by atoms with Crippen LogP contribution in [0.3, 0.4) is 0 Å². The Morgan fingerprint density at radius 3 is 2.53 bits per heavy atom. The van der Waals surface area contributed by atoms with Gasteiger partial charge in [-0.2, -0.15) is 4.98 Å². The number of nitrogens with zero attached hydrogens (tertiary/aromatic N) is 2. The summed E-state index contributed by atoms with van der Waals surface area (Å²) in [7, 11) is -11.4. The molecule has 2 aliphatic rings. The Labute approximate surface area is 190 Å². The number of aliphatic hydroxyl groups is 3. The van der Waals surface area contributed by atoms with Crippen molar-refractivity contribution in [3.63, 3.8) is 0 Å². The predicted molar refractivity (Wildman–Crippen MR) is 102 cm³/mol. The fourth-order valence-corrected chi connectivity index (χ4v) is 5.20. The summed E-state index contributed by atoms with van der Waals surface area (Å²) >= 11 is 0. The average Bonchev–Trinajstić information content (AvgIpc) is 2.98. The maximum atomic E-state index is 12.0. The first-order valence-electron chi connectivity index (χ1n) is 9.58. The predicted octanol–water partition coefficient (Wildman–Crippen LogP) is -3.50. The van der Waals surface area contributed by atoms with Gasteiger partial charge in [-0.05, 0) is 13.0 Å². The number of nitrogen functional groups attached to an aromatic ring is 1. The standard InChI is InChI=1S/C15H23N3O14P2/c1-6-7(19)4-8(20)14(29-6)31-34(26,27)32-33(24,25)28-5-9-11(21)12(22)13(30-9)18-3-2-10(16)17-15(18)23/h2-3,6,8-9,11-14,20-22H,4-5H2,1H3,(H,24,25)(H,26,27)(H2,16,17,23)/p-2/t6-,8+,9+,11+,12+,13+,14+/m0/s1. The zero-order valence-electron chi connectivity index (χ0n) is 17.3. The normalized spacial score (nSPS) is 35.6. The number of ether oxygens (including phenoxy) is 2. The van der Waals surface area contributed by atoms with Gasteiger partial charge < -0.3 is 44.8 Å². The maximum absolute atomic E-state index is 12.0.